The Balaban J connectivity index is 0.00000225. The van der Waals surface area contributed by atoms with Crippen molar-refractivity contribution in [1.29, 1.82) is 0 Å². The van der Waals surface area contributed by atoms with Gasteiger partial charge in [-0.1, -0.05) is 12.1 Å². The van der Waals surface area contributed by atoms with E-state index in [4.69, 9.17) is 4.55 Å². The summed E-state index contributed by atoms with van der Waals surface area (Å²) in [4.78, 5) is 10.9. The van der Waals surface area contributed by atoms with Gasteiger partial charge in [0.1, 0.15) is 4.90 Å². The number of esters is 1. The maximum absolute atomic E-state index is 11.3. The zero-order chi connectivity index (χ0) is 11.5. The van der Waals surface area contributed by atoms with E-state index in [1.165, 1.54) is 18.2 Å². The first-order valence-electron chi connectivity index (χ1n) is 4.20. The minimum absolute atomic E-state index is 0. The van der Waals surface area contributed by atoms with E-state index in [9.17, 15) is 13.2 Å². The molecule has 0 aliphatic heterocycles. The average Bonchev–Trinajstić information content (AvgIpc) is 2.17. The fourth-order valence-corrected chi connectivity index (χ4v) is 1.75. The van der Waals surface area contributed by atoms with E-state index in [0.29, 0.717) is 0 Å². The van der Waals surface area contributed by atoms with E-state index in [-0.39, 0.29) is 31.0 Å². The van der Waals surface area contributed by atoms with Crippen LogP contribution >= 0.6 is 0 Å². The summed E-state index contributed by atoms with van der Waals surface area (Å²) in [6.07, 6.45) is 0. The Morgan fingerprint density at radius 2 is 1.94 bits per heavy atom. The molecule has 16 heavy (non-hydrogen) atoms. The monoisotopic (exact) mass is 237 g/mol. The smallest absolute Gasteiger partial charge is 0.339 e. The molecule has 0 unspecified atom stereocenters. The topological polar surface area (TPSA) is 80.7 Å². The normalized spacial score (nSPS) is 10.4. The number of hydrogen-bond donors (Lipinski definition) is 1. The number of carbonyl (C=O) groups is 1. The van der Waals surface area contributed by atoms with Crippen molar-refractivity contribution in [1.82, 2.24) is 0 Å². The second-order valence-electron chi connectivity index (χ2n) is 2.69. The third-order valence-corrected chi connectivity index (χ3v) is 2.57. The molecule has 0 aromatic heterocycles. The average molecular weight is 237 g/mol. The van der Waals surface area contributed by atoms with Gasteiger partial charge in [-0.3, -0.25) is 4.55 Å². The number of hydrogen-bond acceptors (Lipinski definition) is 4. The molecule has 0 heterocycles. The molecule has 7 heteroatoms. The molecule has 0 fully saturated rings. The van der Waals surface area contributed by atoms with Crippen LogP contribution in [0.15, 0.2) is 29.2 Å². The zero-order valence-corrected chi connectivity index (χ0v) is 9.82. The van der Waals surface area contributed by atoms with E-state index in [2.05, 4.69) is 4.74 Å². The van der Waals surface area contributed by atoms with Crippen molar-refractivity contribution in [2.45, 2.75) is 11.8 Å². The van der Waals surface area contributed by atoms with Crippen LogP contribution in [-0.2, 0) is 14.9 Å². The zero-order valence-electron chi connectivity index (χ0n) is 9.00. The van der Waals surface area contributed by atoms with Crippen molar-refractivity contribution in [3.63, 3.8) is 0 Å². The molecule has 1 aromatic rings. The van der Waals surface area contributed by atoms with Crippen molar-refractivity contribution in [2.75, 3.05) is 6.61 Å². The summed E-state index contributed by atoms with van der Waals surface area (Å²) in [5, 5.41) is 0. The van der Waals surface area contributed by atoms with Crippen molar-refractivity contribution in [3.05, 3.63) is 29.8 Å². The van der Waals surface area contributed by atoms with E-state index in [1.807, 2.05) is 0 Å². The van der Waals surface area contributed by atoms with Gasteiger partial charge < -0.3 is 4.74 Å². The van der Waals surface area contributed by atoms with Crippen molar-refractivity contribution in [2.24, 2.45) is 0 Å². The molecular weight excluding hydrogens is 227 g/mol. The molecular formula is C9H10LiO5S. The Kier molecular flexibility index (Phi) is 5.76. The molecule has 0 spiro atoms. The van der Waals surface area contributed by atoms with Crippen LogP contribution in [0.2, 0.25) is 0 Å². The van der Waals surface area contributed by atoms with E-state index < -0.39 is 21.0 Å². The molecule has 83 valence electrons. The predicted octanol–water partition coefficient (Wildman–Crippen LogP) is 0.729. The second-order valence-corrected chi connectivity index (χ2v) is 4.08. The van der Waals surface area contributed by atoms with Crippen LogP contribution in [0.3, 0.4) is 0 Å². The van der Waals surface area contributed by atoms with Crippen LogP contribution in [0, 0.1) is 0 Å². The fraction of sp³-hybridized carbons (Fsp3) is 0.222. The molecule has 1 rings (SSSR count). The second kappa shape index (κ2) is 6.06. The SMILES string of the molecule is CCOC(=O)c1ccccc1S(=O)(=O)O.[Li]. The molecule has 0 atom stereocenters. The van der Waals surface area contributed by atoms with E-state index in [0.717, 1.165) is 6.07 Å². The molecule has 1 radical (unpaired) electrons. The van der Waals surface area contributed by atoms with Gasteiger partial charge in [0.2, 0.25) is 0 Å². The predicted molar refractivity (Wildman–Crippen MR) is 58.0 cm³/mol. The first-order chi connectivity index (χ1) is 6.96. The Morgan fingerprint density at radius 1 is 1.38 bits per heavy atom. The number of ether oxygens (including phenoxy) is 1. The molecule has 5 nitrogen and oxygen atoms in total. The van der Waals surface area contributed by atoms with Crippen LogP contribution in [0.1, 0.15) is 17.3 Å². The van der Waals surface area contributed by atoms with Crippen LogP contribution in [0.5, 0.6) is 0 Å². The first-order valence-corrected chi connectivity index (χ1v) is 5.64. The van der Waals surface area contributed by atoms with Gasteiger partial charge in [-0.15, -0.1) is 0 Å². The molecule has 1 aromatic carbocycles. The summed E-state index contributed by atoms with van der Waals surface area (Å²) in [6.45, 7) is 1.74. The quantitative estimate of drug-likeness (QED) is 0.476. The van der Waals surface area contributed by atoms with Gasteiger partial charge in [0.25, 0.3) is 10.1 Å². The van der Waals surface area contributed by atoms with E-state index in [1.54, 1.807) is 6.92 Å². The van der Waals surface area contributed by atoms with Crippen molar-refractivity contribution in [3.8, 4) is 0 Å². The maximum Gasteiger partial charge on any atom is 0.339 e. The van der Waals surface area contributed by atoms with Crippen molar-refractivity contribution >= 4 is 34.9 Å². The summed E-state index contributed by atoms with van der Waals surface area (Å²) in [5.41, 5.74) is -0.165. The van der Waals surface area contributed by atoms with Gasteiger partial charge in [-0.2, -0.15) is 8.42 Å². The molecule has 0 saturated carbocycles. The fourth-order valence-electron chi connectivity index (χ4n) is 1.07. The largest absolute Gasteiger partial charge is 0.462 e. The number of rotatable bonds is 3. The Labute approximate surface area is 106 Å². The van der Waals surface area contributed by atoms with Crippen LogP contribution in [-0.4, -0.2) is 44.4 Å². The van der Waals surface area contributed by atoms with Crippen LogP contribution < -0.4 is 0 Å². The van der Waals surface area contributed by atoms with Gasteiger partial charge >= 0.3 is 5.97 Å². The summed E-state index contributed by atoms with van der Waals surface area (Å²) in [6, 6.07) is 5.31. The van der Waals surface area contributed by atoms with Gasteiger partial charge in [-0.05, 0) is 19.1 Å². The Hall–Kier alpha value is -0.803. The third kappa shape index (κ3) is 3.65. The molecule has 0 bridgehead atoms. The number of carbonyl (C=O) groups excluding carboxylic acids is 1. The van der Waals surface area contributed by atoms with Gasteiger partial charge in [0.05, 0.1) is 12.2 Å². The molecule has 1 N–H and O–H groups in total. The molecule has 0 saturated heterocycles. The maximum atomic E-state index is 11.3. The number of benzene rings is 1. The Morgan fingerprint density at radius 3 is 2.44 bits per heavy atom. The minimum Gasteiger partial charge on any atom is -0.462 e. The molecule has 0 aliphatic rings. The summed E-state index contributed by atoms with van der Waals surface area (Å²) in [7, 11) is -4.40. The van der Waals surface area contributed by atoms with Gasteiger partial charge in [0.15, 0.2) is 0 Å². The summed E-state index contributed by atoms with van der Waals surface area (Å²) in [5.74, 6) is -0.772. The van der Waals surface area contributed by atoms with E-state index >= 15 is 0 Å². The van der Waals surface area contributed by atoms with Crippen molar-refractivity contribution < 1.29 is 22.5 Å². The summed E-state index contributed by atoms with van der Waals surface area (Å²) < 4.78 is 35.3. The molecule has 0 amide bonds. The Bertz CT molecular complexity index is 469. The summed E-state index contributed by atoms with van der Waals surface area (Å²) >= 11 is 0. The first kappa shape index (κ1) is 15.2. The minimum atomic E-state index is -4.40. The standard InChI is InChI=1S/C9H10O5S.Li/c1-2-14-9(10)7-5-3-4-6-8(7)15(11,12)13;/h3-6H,2H2,1H3,(H,11,12,13);. The van der Waals surface area contributed by atoms with Crippen LogP contribution in [0.25, 0.3) is 0 Å². The van der Waals surface area contributed by atoms with Gasteiger partial charge in [0, 0.05) is 18.9 Å². The van der Waals surface area contributed by atoms with Crippen LogP contribution in [0.4, 0.5) is 0 Å². The third-order valence-electron chi connectivity index (χ3n) is 1.66. The van der Waals surface area contributed by atoms with Gasteiger partial charge in [-0.25, -0.2) is 4.79 Å². The molecule has 0 aliphatic carbocycles.